The summed E-state index contributed by atoms with van der Waals surface area (Å²) in [6, 6.07) is 0. The van der Waals surface area contributed by atoms with E-state index in [1.807, 2.05) is 13.8 Å². The lowest BCUT2D eigenvalue weighted by Crippen LogP contribution is -2.30. The van der Waals surface area contributed by atoms with Gasteiger partial charge in [0.1, 0.15) is 5.60 Å². The summed E-state index contributed by atoms with van der Waals surface area (Å²) in [5.41, 5.74) is 3.23. The third-order valence-corrected chi connectivity index (χ3v) is 3.41. The topological polar surface area (TPSA) is 47.0 Å². The molecule has 4 nitrogen and oxygen atoms in total. The monoisotopic (exact) mass is 235 g/mol. The maximum absolute atomic E-state index is 5.47. The Morgan fingerprint density at radius 1 is 1.35 bits per heavy atom. The molecule has 0 atom stereocenters. The van der Waals surface area contributed by atoms with E-state index in [-0.39, 0.29) is 0 Å². The molecular weight excluding hydrogens is 214 g/mol. The molecule has 4 heteroatoms. The number of ether oxygens (including phenoxy) is 1. The number of aromatic nitrogens is 2. The van der Waals surface area contributed by atoms with Crippen molar-refractivity contribution in [3.8, 4) is 0 Å². The number of nitrogens with one attached hydrogen (secondary N) is 1. The van der Waals surface area contributed by atoms with Gasteiger partial charge in [-0.05, 0) is 38.8 Å². The second-order valence-electron chi connectivity index (χ2n) is 4.91. The minimum atomic E-state index is -0.420. The van der Waals surface area contributed by atoms with Gasteiger partial charge in [0.25, 0.3) is 0 Å². The van der Waals surface area contributed by atoms with Crippen molar-refractivity contribution in [1.29, 1.82) is 0 Å². The molecule has 0 aromatic carbocycles. The number of methoxy groups -OCH3 is 1. The van der Waals surface area contributed by atoms with E-state index in [1.165, 1.54) is 11.3 Å². The molecular formula is C13H21N3O. The number of hydrogen-bond acceptors (Lipinski definition) is 4. The van der Waals surface area contributed by atoms with E-state index in [0.29, 0.717) is 0 Å². The Kier molecular flexibility index (Phi) is 3.45. The predicted molar refractivity (Wildman–Crippen MR) is 66.9 cm³/mol. The van der Waals surface area contributed by atoms with Gasteiger partial charge < -0.3 is 10.1 Å². The first-order chi connectivity index (χ1) is 8.08. The Morgan fingerprint density at radius 2 is 2.12 bits per heavy atom. The molecule has 1 N–H and O–H groups in total. The van der Waals surface area contributed by atoms with Gasteiger partial charge in [0, 0.05) is 19.3 Å². The van der Waals surface area contributed by atoms with E-state index in [2.05, 4.69) is 22.2 Å². The molecule has 94 valence electrons. The second kappa shape index (κ2) is 4.70. The van der Waals surface area contributed by atoms with Crippen molar-refractivity contribution in [3.05, 3.63) is 22.8 Å². The second-order valence-corrected chi connectivity index (χ2v) is 4.91. The fourth-order valence-corrected chi connectivity index (χ4v) is 2.09. The van der Waals surface area contributed by atoms with Crippen LogP contribution in [0.25, 0.3) is 0 Å². The quantitative estimate of drug-likeness (QED) is 0.864. The molecule has 0 bridgehead atoms. The first-order valence-corrected chi connectivity index (χ1v) is 6.23. The van der Waals surface area contributed by atoms with Crippen LogP contribution in [0.4, 0.5) is 0 Å². The fourth-order valence-electron chi connectivity index (χ4n) is 2.09. The van der Waals surface area contributed by atoms with Crippen LogP contribution < -0.4 is 5.32 Å². The number of nitrogens with zero attached hydrogens (tertiary/aromatic N) is 2. The lowest BCUT2D eigenvalue weighted by atomic mass is 10.0. The van der Waals surface area contributed by atoms with Crippen molar-refractivity contribution in [1.82, 2.24) is 15.3 Å². The summed E-state index contributed by atoms with van der Waals surface area (Å²) in [4.78, 5) is 9.35. The van der Waals surface area contributed by atoms with Crippen molar-refractivity contribution in [2.45, 2.75) is 45.8 Å². The number of fused-ring (bicyclic) bond motifs is 1. The van der Waals surface area contributed by atoms with Crippen molar-refractivity contribution in [2.24, 2.45) is 0 Å². The van der Waals surface area contributed by atoms with Gasteiger partial charge in [-0.15, -0.1) is 0 Å². The van der Waals surface area contributed by atoms with Crippen LogP contribution in [0.5, 0.6) is 0 Å². The first-order valence-electron chi connectivity index (χ1n) is 6.23. The Labute approximate surface area is 103 Å². The maximum atomic E-state index is 5.47. The van der Waals surface area contributed by atoms with Crippen LogP contribution in [0, 0.1) is 0 Å². The molecule has 2 rings (SSSR count). The highest BCUT2D eigenvalue weighted by Gasteiger charge is 2.26. The predicted octanol–water partition coefficient (Wildman–Crippen LogP) is 1.57. The van der Waals surface area contributed by atoms with E-state index in [1.54, 1.807) is 7.11 Å². The van der Waals surface area contributed by atoms with Crippen LogP contribution in [0.2, 0.25) is 0 Å². The van der Waals surface area contributed by atoms with Gasteiger partial charge in [-0.1, -0.05) is 6.92 Å². The van der Waals surface area contributed by atoms with Crippen LogP contribution in [-0.4, -0.2) is 23.6 Å². The normalized spacial score (nSPS) is 15.8. The molecule has 0 aliphatic carbocycles. The summed E-state index contributed by atoms with van der Waals surface area (Å²) < 4.78 is 5.47. The molecule has 0 unspecified atom stereocenters. The SMILES string of the molecule is CCc1nc(C(C)(C)OC)nc2c1CCNC2. The van der Waals surface area contributed by atoms with E-state index in [0.717, 1.165) is 37.4 Å². The lowest BCUT2D eigenvalue weighted by molar-refractivity contribution is 0.0110. The van der Waals surface area contributed by atoms with Gasteiger partial charge in [-0.25, -0.2) is 9.97 Å². The smallest absolute Gasteiger partial charge is 0.160 e. The van der Waals surface area contributed by atoms with Crippen LogP contribution in [-0.2, 0) is 29.7 Å². The zero-order valence-corrected chi connectivity index (χ0v) is 11.1. The molecule has 1 aromatic heterocycles. The number of rotatable bonds is 3. The summed E-state index contributed by atoms with van der Waals surface area (Å²) in [5, 5.41) is 3.36. The Balaban J connectivity index is 2.50. The Bertz CT molecular complexity index is 398. The number of aryl methyl sites for hydroxylation is 1. The molecule has 1 aromatic rings. The molecule has 0 saturated carbocycles. The summed E-state index contributed by atoms with van der Waals surface area (Å²) >= 11 is 0. The van der Waals surface area contributed by atoms with Gasteiger partial charge in [0.15, 0.2) is 5.82 Å². The molecule has 1 aliphatic heterocycles. The zero-order valence-electron chi connectivity index (χ0n) is 11.1. The summed E-state index contributed by atoms with van der Waals surface area (Å²) in [5.74, 6) is 0.791. The largest absolute Gasteiger partial charge is 0.371 e. The Hall–Kier alpha value is -1.00. The molecule has 0 spiro atoms. The lowest BCUT2D eigenvalue weighted by Gasteiger charge is -2.25. The van der Waals surface area contributed by atoms with E-state index in [4.69, 9.17) is 4.74 Å². The average Bonchev–Trinajstić information content (AvgIpc) is 2.37. The summed E-state index contributed by atoms with van der Waals surface area (Å²) in [6.45, 7) is 8.02. The third kappa shape index (κ3) is 2.33. The van der Waals surface area contributed by atoms with Crippen molar-refractivity contribution >= 4 is 0 Å². The molecule has 17 heavy (non-hydrogen) atoms. The summed E-state index contributed by atoms with van der Waals surface area (Å²) in [6.07, 6.45) is 1.99. The third-order valence-electron chi connectivity index (χ3n) is 3.41. The minimum Gasteiger partial charge on any atom is -0.371 e. The van der Waals surface area contributed by atoms with Crippen LogP contribution in [0.1, 0.15) is 43.5 Å². The van der Waals surface area contributed by atoms with Gasteiger partial charge in [-0.3, -0.25) is 0 Å². The van der Waals surface area contributed by atoms with Gasteiger partial charge >= 0.3 is 0 Å². The van der Waals surface area contributed by atoms with Crippen LogP contribution in [0.15, 0.2) is 0 Å². The average molecular weight is 235 g/mol. The number of hydrogen-bond donors (Lipinski definition) is 1. The molecule has 0 fully saturated rings. The van der Waals surface area contributed by atoms with E-state index < -0.39 is 5.60 Å². The highest BCUT2D eigenvalue weighted by Crippen LogP contribution is 2.24. The van der Waals surface area contributed by atoms with Gasteiger partial charge in [0.2, 0.25) is 0 Å². The van der Waals surface area contributed by atoms with Gasteiger partial charge in [-0.2, -0.15) is 0 Å². The summed E-state index contributed by atoms with van der Waals surface area (Å²) in [7, 11) is 1.70. The molecule has 2 heterocycles. The maximum Gasteiger partial charge on any atom is 0.160 e. The van der Waals surface area contributed by atoms with Crippen molar-refractivity contribution in [2.75, 3.05) is 13.7 Å². The van der Waals surface area contributed by atoms with Gasteiger partial charge in [0.05, 0.1) is 5.69 Å². The van der Waals surface area contributed by atoms with E-state index >= 15 is 0 Å². The highest BCUT2D eigenvalue weighted by atomic mass is 16.5. The molecule has 0 amide bonds. The first kappa shape index (κ1) is 12.5. The molecule has 0 radical (unpaired) electrons. The zero-order chi connectivity index (χ0) is 12.5. The standard InChI is InChI=1S/C13H21N3O/c1-5-10-9-6-7-14-8-11(9)16-12(15-10)13(2,3)17-4/h14H,5-8H2,1-4H3. The minimum absolute atomic E-state index is 0.420. The van der Waals surface area contributed by atoms with Crippen molar-refractivity contribution < 1.29 is 4.74 Å². The molecule has 0 saturated heterocycles. The highest BCUT2D eigenvalue weighted by molar-refractivity contribution is 5.29. The fraction of sp³-hybridized carbons (Fsp3) is 0.692. The Morgan fingerprint density at radius 3 is 2.76 bits per heavy atom. The van der Waals surface area contributed by atoms with Crippen LogP contribution >= 0.6 is 0 Å². The van der Waals surface area contributed by atoms with Crippen molar-refractivity contribution in [3.63, 3.8) is 0 Å². The van der Waals surface area contributed by atoms with E-state index in [9.17, 15) is 0 Å². The molecule has 1 aliphatic rings. The van der Waals surface area contributed by atoms with Crippen LogP contribution in [0.3, 0.4) is 0 Å².